The maximum atomic E-state index is 12.9. The Bertz CT molecular complexity index is 1430. The van der Waals surface area contributed by atoms with Crippen LogP contribution in [-0.2, 0) is 4.79 Å². The van der Waals surface area contributed by atoms with Crippen molar-refractivity contribution in [1.82, 2.24) is 25.0 Å². The fraction of sp³-hybridized carbons (Fsp3) is 0.346. The number of amides is 1. The fourth-order valence-electron chi connectivity index (χ4n) is 5.13. The van der Waals surface area contributed by atoms with Crippen LogP contribution in [0.5, 0.6) is 0 Å². The van der Waals surface area contributed by atoms with Gasteiger partial charge in [-0.2, -0.15) is 0 Å². The van der Waals surface area contributed by atoms with Gasteiger partial charge in [-0.25, -0.2) is 14.6 Å². The predicted octanol–water partition coefficient (Wildman–Crippen LogP) is 3.18. The molecule has 2 aliphatic carbocycles. The number of nitrogens with one attached hydrogen (secondary N) is 2. The third-order valence-corrected chi connectivity index (χ3v) is 7.68. The van der Waals surface area contributed by atoms with Crippen LogP contribution in [0.1, 0.15) is 36.8 Å². The van der Waals surface area contributed by atoms with E-state index in [0.29, 0.717) is 33.7 Å². The molecule has 2 saturated carbocycles. The van der Waals surface area contributed by atoms with Crippen molar-refractivity contribution in [3.8, 4) is 0 Å². The summed E-state index contributed by atoms with van der Waals surface area (Å²) in [6, 6.07) is 19.1. The Balaban J connectivity index is 1.25. The van der Waals surface area contributed by atoms with Gasteiger partial charge in [-0.05, 0) is 36.8 Å². The van der Waals surface area contributed by atoms with E-state index in [1.807, 2.05) is 30.5 Å². The van der Waals surface area contributed by atoms with Crippen LogP contribution in [0.4, 0.5) is 11.5 Å². The molecule has 0 bridgehead atoms. The van der Waals surface area contributed by atoms with E-state index in [2.05, 4.69) is 43.0 Å². The number of anilines is 2. The van der Waals surface area contributed by atoms with Crippen LogP contribution in [0.3, 0.4) is 0 Å². The molecule has 10 nitrogen and oxygen atoms in total. The number of carbonyl (C=O) groups is 1. The number of aliphatic hydroxyl groups is 2. The second kappa shape index (κ2) is 9.40. The minimum absolute atomic E-state index is 0.0710. The third kappa shape index (κ3) is 4.65. The topological polar surface area (TPSA) is 138 Å². The number of rotatable bonds is 7. The number of benzene rings is 2. The smallest absolute Gasteiger partial charge is 0.233 e. The van der Waals surface area contributed by atoms with Crippen LogP contribution in [0.25, 0.3) is 11.2 Å². The van der Waals surface area contributed by atoms with Crippen LogP contribution in [0, 0.1) is 5.92 Å². The molecule has 2 aliphatic rings. The van der Waals surface area contributed by atoms with E-state index >= 15 is 0 Å². The highest BCUT2D eigenvalue weighted by Crippen LogP contribution is 2.44. The Labute approximate surface area is 217 Å². The lowest BCUT2D eigenvalue weighted by Crippen LogP contribution is -2.40. The summed E-state index contributed by atoms with van der Waals surface area (Å²) in [6.45, 7) is 0. The number of para-hydroxylation sites is 1. The maximum Gasteiger partial charge on any atom is 0.233 e. The van der Waals surface area contributed by atoms with Crippen molar-refractivity contribution in [2.24, 2.45) is 5.92 Å². The molecule has 4 unspecified atom stereocenters. The fourth-order valence-corrected chi connectivity index (χ4v) is 5.49. The lowest BCUT2D eigenvalue weighted by atomic mass is 10.0. The summed E-state index contributed by atoms with van der Waals surface area (Å²) in [6.07, 6.45) is 3.01. The normalized spacial score (nSPS) is 24.2. The number of hydrogen-bond donors (Lipinski definition) is 4. The summed E-state index contributed by atoms with van der Waals surface area (Å²) in [5, 5.41) is 37.0. The second-order valence-corrected chi connectivity index (χ2v) is 10.4. The van der Waals surface area contributed by atoms with Crippen LogP contribution >= 0.6 is 11.8 Å². The molecule has 0 spiro atoms. The Kier molecular flexibility index (Phi) is 6.06. The maximum absolute atomic E-state index is 12.9. The highest BCUT2D eigenvalue weighted by Gasteiger charge is 2.50. The van der Waals surface area contributed by atoms with Gasteiger partial charge in [0.05, 0.1) is 12.0 Å². The molecule has 1 amide bonds. The number of fused-ring (bicyclic) bond motifs is 1. The molecule has 6 rings (SSSR count). The molecule has 2 aromatic heterocycles. The molecule has 2 heterocycles. The van der Waals surface area contributed by atoms with Crippen molar-refractivity contribution >= 4 is 40.3 Å². The molecule has 2 aromatic carbocycles. The summed E-state index contributed by atoms with van der Waals surface area (Å²) in [4.78, 5) is 22.2. The van der Waals surface area contributed by atoms with E-state index in [1.165, 1.54) is 17.3 Å². The van der Waals surface area contributed by atoms with E-state index < -0.39 is 23.7 Å². The van der Waals surface area contributed by atoms with Crippen molar-refractivity contribution in [2.75, 3.05) is 16.9 Å². The summed E-state index contributed by atoms with van der Waals surface area (Å²) in [5.41, 5.74) is 2.91. The van der Waals surface area contributed by atoms with Crippen molar-refractivity contribution in [3.05, 3.63) is 66.2 Å². The predicted molar refractivity (Wildman–Crippen MR) is 140 cm³/mol. The Morgan fingerprint density at radius 3 is 2.51 bits per heavy atom. The van der Waals surface area contributed by atoms with E-state index in [-0.39, 0.29) is 18.9 Å². The van der Waals surface area contributed by atoms with Crippen molar-refractivity contribution in [2.45, 2.75) is 48.2 Å². The van der Waals surface area contributed by atoms with Crippen molar-refractivity contribution in [1.29, 1.82) is 0 Å². The van der Waals surface area contributed by atoms with E-state index in [1.54, 1.807) is 28.9 Å². The van der Waals surface area contributed by atoms with Crippen LogP contribution in [-0.4, -0.2) is 59.2 Å². The molecule has 4 aromatic rings. The van der Waals surface area contributed by atoms with Crippen LogP contribution < -0.4 is 10.6 Å². The molecular formula is C26H27N7O3S. The monoisotopic (exact) mass is 517 g/mol. The molecule has 0 radical (unpaired) electrons. The highest BCUT2D eigenvalue weighted by atomic mass is 32.2. The number of aromatic nitrogens is 5. The molecule has 2 fully saturated rings. The molecule has 0 aliphatic heterocycles. The first-order chi connectivity index (χ1) is 17.9. The highest BCUT2D eigenvalue weighted by molar-refractivity contribution is 7.98. The van der Waals surface area contributed by atoms with Gasteiger partial charge >= 0.3 is 0 Å². The zero-order valence-corrected chi connectivity index (χ0v) is 21.0. The van der Waals surface area contributed by atoms with Crippen LogP contribution in [0.15, 0.2) is 65.8 Å². The summed E-state index contributed by atoms with van der Waals surface area (Å²) < 4.78 is 1.60. The Hall–Kier alpha value is -3.54. The van der Waals surface area contributed by atoms with E-state index in [0.717, 1.165) is 6.42 Å². The lowest BCUT2D eigenvalue weighted by Gasteiger charge is -2.22. The first-order valence-electron chi connectivity index (χ1n) is 12.2. The van der Waals surface area contributed by atoms with Gasteiger partial charge in [-0.3, -0.25) is 4.79 Å². The molecular weight excluding hydrogens is 490 g/mol. The van der Waals surface area contributed by atoms with Gasteiger partial charge in [0, 0.05) is 24.1 Å². The zero-order chi connectivity index (χ0) is 25.6. The van der Waals surface area contributed by atoms with Gasteiger partial charge in [0.2, 0.25) is 5.91 Å². The minimum atomic E-state index is -2.19. The Morgan fingerprint density at radius 1 is 1.05 bits per heavy atom. The van der Waals surface area contributed by atoms with Crippen molar-refractivity contribution in [3.63, 3.8) is 0 Å². The van der Waals surface area contributed by atoms with Gasteiger partial charge in [0.25, 0.3) is 0 Å². The van der Waals surface area contributed by atoms with E-state index in [9.17, 15) is 15.0 Å². The number of hydrogen-bond acceptors (Lipinski definition) is 9. The number of nitrogens with zero attached hydrogens (tertiary/aromatic N) is 5. The SMILES string of the molecule is CSc1nc(NC2CC2c2ccccc2)c2nnn(C3CC(C(=O)Nc4ccccc4)C(O)(O)C3)c2n1. The summed E-state index contributed by atoms with van der Waals surface area (Å²) in [5.74, 6) is -2.66. The standard InChI is InChI=1S/C26H27N7O3S/c1-37-25-29-22(28-20-13-18(20)15-8-4-2-5-9-15)21-23(30-25)33(32-31-21)17-12-19(26(35,36)14-17)24(34)27-16-10-6-3-7-11-16/h2-11,17-20,35-36H,12-14H2,1H3,(H,27,34)(H,28,29,30). The molecule has 11 heteroatoms. The molecule has 4 N–H and O–H groups in total. The zero-order valence-electron chi connectivity index (χ0n) is 20.2. The quantitative estimate of drug-likeness (QED) is 0.165. The van der Waals surface area contributed by atoms with Crippen molar-refractivity contribution < 1.29 is 15.0 Å². The largest absolute Gasteiger partial charge is 0.365 e. The molecule has 37 heavy (non-hydrogen) atoms. The van der Waals surface area contributed by atoms with Crippen LogP contribution in [0.2, 0.25) is 0 Å². The number of thioether (sulfide) groups is 1. The molecule has 0 saturated heterocycles. The van der Waals surface area contributed by atoms with Gasteiger partial charge in [0.15, 0.2) is 27.9 Å². The summed E-state index contributed by atoms with van der Waals surface area (Å²) in [7, 11) is 0. The summed E-state index contributed by atoms with van der Waals surface area (Å²) >= 11 is 1.41. The van der Waals surface area contributed by atoms with Gasteiger partial charge in [-0.1, -0.05) is 65.5 Å². The average Bonchev–Trinajstić information content (AvgIpc) is 3.40. The number of carbonyl (C=O) groups excluding carboxylic acids is 1. The first kappa shape index (κ1) is 23.8. The Morgan fingerprint density at radius 2 is 1.78 bits per heavy atom. The first-order valence-corrected chi connectivity index (χ1v) is 13.4. The second-order valence-electron chi connectivity index (χ2n) is 9.65. The molecule has 190 valence electrons. The van der Waals surface area contributed by atoms with Gasteiger partial charge in [0.1, 0.15) is 0 Å². The lowest BCUT2D eigenvalue weighted by molar-refractivity contribution is -0.187. The van der Waals surface area contributed by atoms with Gasteiger partial charge in [-0.15, -0.1) is 5.10 Å². The van der Waals surface area contributed by atoms with E-state index in [4.69, 9.17) is 0 Å². The molecule has 4 atom stereocenters. The average molecular weight is 518 g/mol. The third-order valence-electron chi connectivity index (χ3n) is 7.13. The van der Waals surface area contributed by atoms with Gasteiger partial charge < -0.3 is 20.8 Å². The minimum Gasteiger partial charge on any atom is -0.365 e.